The van der Waals surface area contributed by atoms with Gasteiger partial charge in [-0.1, -0.05) is 42.5 Å². The fourth-order valence-corrected chi connectivity index (χ4v) is 3.51. The van der Waals surface area contributed by atoms with Crippen LogP contribution in [-0.2, 0) is 0 Å². The summed E-state index contributed by atoms with van der Waals surface area (Å²) in [7, 11) is 0. The zero-order valence-electron chi connectivity index (χ0n) is 16.1. The third-order valence-electron chi connectivity index (χ3n) is 5.09. The van der Waals surface area contributed by atoms with E-state index >= 15 is 0 Å². The second-order valence-electron chi connectivity index (χ2n) is 7.02. The predicted octanol–water partition coefficient (Wildman–Crippen LogP) is 3.90. The van der Waals surface area contributed by atoms with Crippen molar-refractivity contribution in [3.05, 3.63) is 96.1 Å². The molecule has 3 aromatic carbocycles. The Morgan fingerprint density at radius 2 is 1.31 bits per heavy atom. The van der Waals surface area contributed by atoms with E-state index in [4.69, 9.17) is 0 Å². The van der Waals surface area contributed by atoms with Gasteiger partial charge in [0.2, 0.25) is 0 Å². The number of amides is 2. The van der Waals surface area contributed by atoms with E-state index in [1.165, 1.54) is 5.69 Å². The van der Waals surface area contributed by atoms with Crippen molar-refractivity contribution in [2.24, 2.45) is 0 Å². The molecule has 5 heteroatoms. The van der Waals surface area contributed by atoms with Gasteiger partial charge >= 0.3 is 0 Å². The Labute approximate surface area is 170 Å². The molecule has 29 heavy (non-hydrogen) atoms. The Balaban J connectivity index is 1.39. The first-order valence-corrected chi connectivity index (χ1v) is 9.76. The van der Waals surface area contributed by atoms with Gasteiger partial charge in [0.05, 0.1) is 0 Å². The highest BCUT2D eigenvalue weighted by Crippen LogP contribution is 2.18. The van der Waals surface area contributed by atoms with Crippen molar-refractivity contribution in [2.75, 3.05) is 36.4 Å². The molecule has 146 valence electrons. The van der Waals surface area contributed by atoms with Crippen LogP contribution in [0.15, 0.2) is 84.9 Å². The van der Waals surface area contributed by atoms with E-state index in [0.29, 0.717) is 29.9 Å². The third kappa shape index (κ3) is 4.46. The molecule has 0 spiro atoms. The van der Waals surface area contributed by atoms with Crippen LogP contribution >= 0.6 is 0 Å². The molecule has 0 radical (unpaired) electrons. The molecule has 5 nitrogen and oxygen atoms in total. The number of para-hydroxylation sites is 1. The minimum Gasteiger partial charge on any atom is -0.368 e. The Morgan fingerprint density at radius 3 is 2.00 bits per heavy atom. The lowest BCUT2D eigenvalue weighted by Crippen LogP contribution is -2.48. The minimum absolute atomic E-state index is 0.00600. The summed E-state index contributed by atoms with van der Waals surface area (Å²) in [5.74, 6) is -0.194. The number of piperazine rings is 1. The summed E-state index contributed by atoms with van der Waals surface area (Å²) in [4.78, 5) is 29.5. The van der Waals surface area contributed by atoms with E-state index in [0.717, 1.165) is 13.1 Å². The summed E-state index contributed by atoms with van der Waals surface area (Å²) >= 11 is 0. The monoisotopic (exact) mass is 385 g/mol. The normalized spacial score (nSPS) is 13.8. The molecule has 1 aliphatic heterocycles. The SMILES string of the molecule is O=C(Nc1cccc(C(=O)N2CCN(c3ccccc3)CC2)c1)c1ccccc1. The zero-order valence-corrected chi connectivity index (χ0v) is 16.1. The van der Waals surface area contributed by atoms with Crippen LogP contribution < -0.4 is 10.2 Å². The van der Waals surface area contributed by atoms with E-state index in [2.05, 4.69) is 22.3 Å². The lowest BCUT2D eigenvalue weighted by Gasteiger charge is -2.36. The third-order valence-corrected chi connectivity index (χ3v) is 5.09. The molecular weight excluding hydrogens is 362 g/mol. The number of carbonyl (C=O) groups excluding carboxylic acids is 2. The van der Waals surface area contributed by atoms with Crippen molar-refractivity contribution >= 4 is 23.2 Å². The van der Waals surface area contributed by atoms with Crippen LogP contribution in [0.5, 0.6) is 0 Å². The van der Waals surface area contributed by atoms with Crippen molar-refractivity contribution in [2.45, 2.75) is 0 Å². The van der Waals surface area contributed by atoms with Gasteiger partial charge in [-0.15, -0.1) is 0 Å². The van der Waals surface area contributed by atoms with Crippen molar-refractivity contribution in [3.8, 4) is 0 Å². The molecule has 3 aromatic rings. The number of hydrogen-bond donors (Lipinski definition) is 1. The molecule has 2 amide bonds. The maximum absolute atomic E-state index is 12.9. The number of hydrogen-bond acceptors (Lipinski definition) is 3. The average Bonchev–Trinajstić information content (AvgIpc) is 2.80. The molecule has 1 fully saturated rings. The average molecular weight is 385 g/mol. The van der Waals surface area contributed by atoms with Crippen LogP contribution in [0.25, 0.3) is 0 Å². The molecule has 0 unspecified atom stereocenters. The molecule has 0 saturated carbocycles. The van der Waals surface area contributed by atoms with E-state index in [1.807, 2.05) is 41.3 Å². The van der Waals surface area contributed by atoms with Gasteiger partial charge in [-0.05, 0) is 42.5 Å². The number of rotatable bonds is 4. The second kappa shape index (κ2) is 8.61. The standard InChI is InChI=1S/C24H23N3O2/c28-23(19-8-3-1-4-9-19)25-21-11-7-10-20(18-21)24(29)27-16-14-26(15-17-27)22-12-5-2-6-13-22/h1-13,18H,14-17H2,(H,25,28). The number of anilines is 2. The van der Waals surface area contributed by atoms with Gasteiger partial charge in [0.15, 0.2) is 0 Å². The van der Waals surface area contributed by atoms with E-state index in [9.17, 15) is 9.59 Å². The Kier molecular flexibility index (Phi) is 5.56. The molecule has 1 N–H and O–H groups in total. The van der Waals surface area contributed by atoms with Crippen LogP contribution in [0.4, 0.5) is 11.4 Å². The molecule has 4 rings (SSSR count). The van der Waals surface area contributed by atoms with Gasteiger partial charge in [-0.3, -0.25) is 9.59 Å². The topological polar surface area (TPSA) is 52.7 Å². The largest absolute Gasteiger partial charge is 0.368 e. The van der Waals surface area contributed by atoms with Crippen molar-refractivity contribution in [3.63, 3.8) is 0 Å². The van der Waals surface area contributed by atoms with Gasteiger partial charge in [0, 0.05) is 48.7 Å². The van der Waals surface area contributed by atoms with Crippen LogP contribution in [0.1, 0.15) is 20.7 Å². The first-order chi connectivity index (χ1) is 14.2. The first kappa shape index (κ1) is 18.7. The summed E-state index contributed by atoms with van der Waals surface area (Å²) < 4.78 is 0. The molecule has 1 aliphatic rings. The maximum atomic E-state index is 12.9. The fraction of sp³-hybridized carbons (Fsp3) is 0.167. The van der Waals surface area contributed by atoms with E-state index in [-0.39, 0.29) is 11.8 Å². The van der Waals surface area contributed by atoms with Gasteiger partial charge in [-0.2, -0.15) is 0 Å². The van der Waals surface area contributed by atoms with Crippen LogP contribution in [0.3, 0.4) is 0 Å². The summed E-state index contributed by atoms with van der Waals surface area (Å²) in [6.45, 7) is 2.96. The summed E-state index contributed by atoms with van der Waals surface area (Å²) in [6, 6.07) is 26.4. The summed E-state index contributed by atoms with van der Waals surface area (Å²) in [5.41, 5.74) is 2.98. The lowest BCUT2D eigenvalue weighted by atomic mass is 10.1. The Bertz CT molecular complexity index is 981. The molecule has 1 heterocycles. The molecular formula is C24H23N3O2. The van der Waals surface area contributed by atoms with Crippen LogP contribution in [0, 0.1) is 0 Å². The van der Waals surface area contributed by atoms with Crippen molar-refractivity contribution < 1.29 is 9.59 Å². The van der Waals surface area contributed by atoms with E-state index < -0.39 is 0 Å². The number of carbonyl (C=O) groups is 2. The zero-order chi connectivity index (χ0) is 20.1. The number of benzene rings is 3. The maximum Gasteiger partial charge on any atom is 0.255 e. The highest BCUT2D eigenvalue weighted by Gasteiger charge is 2.22. The molecule has 0 atom stereocenters. The molecule has 1 saturated heterocycles. The fourth-order valence-electron chi connectivity index (χ4n) is 3.51. The number of nitrogens with zero attached hydrogens (tertiary/aromatic N) is 2. The first-order valence-electron chi connectivity index (χ1n) is 9.76. The van der Waals surface area contributed by atoms with Crippen LogP contribution in [-0.4, -0.2) is 42.9 Å². The predicted molar refractivity (Wildman–Crippen MR) is 115 cm³/mol. The van der Waals surface area contributed by atoms with Crippen molar-refractivity contribution in [1.82, 2.24) is 4.90 Å². The lowest BCUT2D eigenvalue weighted by molar-refractivity contribution is 0.0746. The Hall–Kier alpha value is -3.60. The minimum atomic E-state index is -0.188. The van der Waals surface area contributed by atoms with Gasteiger partial charge in [0.25, 0.3) is 11.8 Å². The smallest absolute Gasteiger partial charge is 0.255 e. The second-order valence-corrected chi connectivity index (χ2v) is 7.02. The van der Waals surface area contributed by atoms with Crippen LogP contribution in [0.2, 0.25) is 0 Å². The van der Waals surface area contributed by atoms with E-state index in [1.54, 1.807) is 36.4 Å². The highest BCUT2D eigenvalue weighted by molar-refractivity contribution is 6.05. The van der Waals surface area contributed by atoms with Gasteiger partial charge in [0.1, 0.15) is 0 Å². The molecule has 0 aliphatic carbocycles. The van der Waals surface area contributed by atoms with Crippen molar-refractivity contribution in [1.29, 1.82) is 0 Å². The Morgan fingerprint density at radius 1 is 0.690 bits per heavy atom. The molecule has 0 bridgehead atoms. The van der Waals surface area contributed by atoms with Gasteiger partial charge in [-0.25, -0.2) is 0 Å². The highest BCUT2D eigenvalue weighted by atomic mass is 16.2. The van der Waals surface area contributed by atoms with Gasteiger partial charge < -0.3 is 15.1 Å². The summed E-state index contributed by atoms with van der Waals surface area (Å²) in [5, 5.41) is 2.87. The molecule has 0 aromatic heterocycles. The summed E-state index contributed by atoms with van der Waals surface area (Å²) in [6.07, 6.45) is 0. The number of nitrogens with one attached hydrogen (secondary N) is 1. The quantitative estimate of drug-likeness (QED) is 0.741.